The largest absolute Gasteiger partial charge is 0.473 e. The molecule has 1 N–H and O–H groups in total. The van der Waals surface area contributed by atoms with Gasteiger partial charge in [-0.05, 0) is 26.3 Å². The summed E-state index contributed by atoms with van der Waals surface area (Å²) < 4.78 is 7.04. The van der Waals surface area contributed by atoms with Gasteiger partial charge in [0, 0.05) is 19.5 Å². The molecule has 1 saturated heterocycles. The summed E-state index contributed by atoms with van der Waals surface area (Å²) in [5.41, 5.74) is 0.362. The Bertz CT molecular complexity index is 438. The quantitative estimate of drug-likeness (QED) is 0.640. The number of ether oxygens (including phenoxy) is 1. The second-order valence-corrected chi connectivity index (χ2v) is 4.64. The molecule has 2 rings (SSSR count). The van der Waals surface area contributed by atoms with Crippen LogP contribution in [0, 0.1) is 23.0 Å². The predicted molar refractivity (Wildman–Crippen MR) is 65.7 cm³/mol. The molecule has 1 unspecified atom stereocenters. The zero-order valence-corrected chi connectivity index (χ0v) is 10.7. The van der Waals surface area contributed by atoms with E-state index in [1.807, 2.05) is 0 Å². The summed E-state index contributed by atoms with van der Waals surface area (Å²) in [7, 11) is 1.66. The molecular formula is C11H18N4O3. The van der Waals surface area contributed by atoms with Crippen LogP contribution in [0.2, 0.25) is 0 Å². The maximum Gasteiger partial charge on any atom is 0.353 e. The Morgan fingerprint density at radius 2 is 2.44 bits per heavy atom. The Labute approximate surface area is 105 Å². The number of hydrogen-bond acceptors (Lipinski definition) is 5. The highest BCUT2D eigenvalue weighted by Gasteiger charge is 2.26. The van der Waals surface area contributed by atoms with E-state index in [2.05, 4.69) is 10.4 Å². The number of hydrogen-bond donors (Lipinski definition) is 1. The van der Waals surface area contributed by atoms with E-state index in [0.717, 1.165) is 25.9 Å². The summed E-state index contributed by atoms with van der Waals surface area (Å²) in [5.74, 6) is 0.664. The van der Waals surface area contributed by atoms with Crippen LogP contribution >= 0.6 is 0 Å². The van der Waals surface area contributed by atoms with Gasteiger partial charge in [0.15, 0.2) is 0 Å². The molecule has 7 heteroatoms. The van der Waals surface area contributed by atoms with E-state index in [4.69, 9.17) is 4.74 Å². The van der Waals surface area contributed by atoms with E-state index in [9.17, 15) is 10.1 Å². The highest BCUT2D eigenvalue weighted by Crippen LogP contribution is 2.30. The molecule has 0 saturated carbocycles. The van der Waals surface area contributed by atoms with Gasteiger partial charge in [-0.25, -0.2) is 4.68 Å². The van der Waals surface area contributed by atoms with Gasteiger partial charge in [-0.2, -0.15) is 5.10 Å². The first-order chi connectivity index (χ1) is 8.59. The van der Waals surface area contributed by atoms with Gasteiger partial charge in [0.05, 0.1) is 11.5 Å². The Morgan fingerprint density at radius 3 is 3.06 bits per heavy atom. The third-order valence-electron chi connectivity index (χ3n) is 3.18. The molecule has 0 aliphatic carbocycles. The van der Waals surface area contributed by atoms with Crippen molar-refractivity contribution < 1.29 is 9.66 Å². The molecule has 7 nitrogen and oxygen atoms in total. The normalized spacial score (nSPS) is 19.8. The summed E-state index contributed by atoms with van der Waals surface area (Å²) in [4.78, 5) is 10.5. The molecule has 1 aliphatic rings. The first-order valence-corrected chi connectivity index (χ1v) is 6.11. The van der Waals surface area contributed by atoms with Gasteiger partial charge in [-0.15, -0.1) is 0 Å². The molecule has 0 bridgehead atoms. The Balaban J connectivity index is 2.06. The lowest BCUT2D eigenvalue weighted by atomic mass is 10.0. The van der Waals surface area contributed by atoms with Gasteiger partial charge in [0.25, 0.3) is 5.88 Å². The van der Waals surface area contributed by atoms with Crippen molar-refractivity contribution in [2.75, 3.05) is 19.7 Å². The van der Waals surface area contributed by atoms with E-state index in [1.165, 1.54) is 4.68 Å². The minimum atomic E-state index is -0.434. The SMILES string of the molecule is Cc1nn(C)c(OCC2CCCNC2)c1[N+](=O)[O-]. The summed E-state index contributed by atoms with van der Waals surface area (Å²) in [6, 6.07) is 0. The van der Waals surface area contributed by atoms with Crippen molar-refractivity contribution in [3.05, 3.63) is 15.8 Å². The zero-order valence-electron chi connectivity index (χ0n) is 10.7. The molecule has 0 aromatic carbocycles. The summed E-state index contributed by atoms with van der Waals surface area (Å²) >= 11 is 0. The Kier molecular flexibility index (Phi) is 3.81. The molecule has 0 amide bonds. The number of nitrogens with zero attached hydrogens (tertiary/aromatic N) is 3. The number of nitro groups is 1. The van der Waals surface area contributed by atoms with Crippen LogP contribution in [0.5, 0.6) is 5.88 Å². The predicted octanol–water partition coefficient (Wildman–Crippen LogP) is 1.02. The van der Waals surface area contributed by atoms with Gasteiger partial charge < -0.3 is 10.1 Å². The van der Waals surface area contributed by atoms with Crippen molar-refractivity contribution in [1.29, 1.82) is 0 Å². The lowest BCUT2D eigenvalue weighted by Gasteiger charge is -2.22. The minimum Gasteiger partial charge on any atom is -0.473 e. The summed E-state index contributed by atoms with van der Waals surface area (Å²) in [5, 5.41) is 18.3. The number of aromatic nitrogens is 2. The molecular weight excluding hydrogens is 236 g/mol. The number of nitrogens with one attached hydrogen (secondary N) is 1. The van der Waals surface area contributed by atoms with Crippen LogP contribution < -0.4 is 10.1 Å². The molecule has 18 heavy (non-hydrogen) atoms. The fraction of sp³-hybridized carbons (Fsp3) is 0.727. The van der Waals surface area contributed by atoms with Crippen molar-refractivity contribution in [1.82, 2.24) is 15.1 Å². The molecule has 100 valence electrons. The topological polar surface area (TPSA) is 82.2 Å². The van der Waals surface area contributed by atoms with Gasteiger partial charge in [0.1, 0.15) is 5.69 Å². The van der Waals surface area contributed by atoms with E-state index >= 15 is 0 Å². The smallest absolute Gasteiger partial charge is 0.353 e. The van der Waals surface area contributed by atoms with Gasteiger partial charge >= 0.3 is 5.69 Å². The molecule has 0 spiro atoms. The van der Waals surface area contributed by atoms with Crippen LogP contribution in [-0.4, -0.2) is 34.4 Å². The first kappa shape index (κ1) is 12.8. The Morgan fingerprint density at radius 1 is 1.67 bits per heavy atom. The van der Waals surface area contributed by atoms with E-state index in [1.54, 1.807) is 14.0 Å². The maximum absolute atomic E-state index is 11.0. The highest BCUT2D eigenvalue weighted by atomic mass is 16.6. The minimum absolute atomic E-state index is 0.0266. The first-order valence-electron chi connectivity index (χ1n) is 6.11. The average Bonchev–Trinajstić information content (AvgIpc) is 2.62. The van der Waals surface area contributed by atoms with Gasteiger partial charge in [0.2, 0.25) is 0 Å². The van der Waals surface area contributed by atoms with Gasteiger partial charge in [-0.3, -0.25) is 10.1 Å². The van der Waals surface area contributed by atoms with E-state index in [-0.39, 0.29) is 11.6 Å². The lowest BCUT2D eigenvalue weighted by Crippen LogP contribution is -2.33. The standard InChI is InChI=1S/C11H18N4O3/c1-8-10(15(16)17)11(14(2)13-8)18-7-9-4-3-5-12-6-9/h9,12H,3-7H2,1-2H3. The van der Waals surface area contributed by atoms with Crippen LogP contribution in [-0.2, 0) is 7.05 Å². The van der Waals surface area contributed by atoms with Crippen molar-refractivity contribution in [3.8, 4) is 5.88 Å². The number of rotatable bonds is 4. The third kappa shape index (κ3) is 2.61. The van der Waals surface area contributed by atoms with Crippen LogP contribution in [0.1, 0.15) is 18.5 Å². The van der Waals surface area contributed by atoms with Crippen molar-refractivity contribution in [2.45, 2.75) is 19.8 Å². The van der Waals surface area contributed by atoms with Crippen LogP contribution in [0.4, 0.5) is 5.69 Å². The molecule has 1 aromatic heterocycles. The fourth-order valence-corrected chi connectivity index (χ4v) is 2.26. The van der Waals surface area contributed by atoms with Crippen LogP contribution in [0.3, 0.4) is 0 Å². The van der Waals surface area contributed by atoms with E-state index in [0.29, 0.717) is 18.2 Å². The zero-order chi connectivity index (χ0) is 13.1. The summed E-state index contributed by atoms with van der Waals surface area (Å²) in [6.07, 6.45) is 2.22. The molecule has 0 radical (unpaired) electrons. The number of aryl methyl sites for hydroxylation is 2. The third-order valence-corrected chi connectivity index (χ3v) is 3.18. The molecule has 1 aliphatic heterocycles. The van der Waals surface area contributed by atoms with E-state index < -0.39 is 4.92 Å². The van der Waals surface area contributed by atoms with Crippen molar-refractivity contribution >= 4 is 5.69 Å². The molecule has 1 fully saturated rings. The Hall–Kier alpha value is -1.63. The van der Waals surface area contributed by atoms with Crippen molar-refractivity contribution in [3.63, 3.8) is 0 Å². The number of piperidine rings is 1. The molecule has 1 aromatic rings. The van der Waals surface area contributed by atoms with Crippen LogP contribution in [0.25, 0.3) is 0 Å². The second kappa shape index (κ2) is 5.34. The average molecular weight is 254 g/mol. The summed E-state index contributed by atoms with van der Waals surface area (Å²) in [6.45, 7) is 4.06. The molecule has 2 heterocycles. The monoisotopic (exact) mass is 254 g/mol. The van der Waals surface area contributed by atoms with Gasteiger partial charge in [-0.1, -0.05) is 0 Å². The second-order valence-electron chi connectivity index (χ2n) is 4.64. The van der Waals surface area contributed by atoms with Crippen molar-refractivity contribution in [2.24, 2.45) is 13.0 Å². The molecule has 1 atom stereocenters. The highest BCUT2D eigenvalue weighted by molar-refractivity contribution is 5.45. The maximum atomic E-state index is 11.0. The lowest BCUT2D eigenvalue weighted by molar-refractivity contribution is -0.386. The fourth-order valence-electron chi connectivity index (χ4n) is 2.26. The van der Waals surface area contributed by atoms with Crippen LogP contribution in [0.15, 0.2) is 0 Å².